The molecule has 1 aromatic rings. The third kappa shape index (κ3) is 2.76. The molecular formula is C12H13N. The molecule has 1 nitrogen and oxygen atoms in total. The van der Waals surface area contributed by atoms with E-state index < -0.39 is 0 Å². The summed E-state index contributed by atoms with van der Waals surface area (Å²) < 4.78 is 0. The van der Waals surface area contributed by atoms with E-state index in [0.29, 0.717) is 0 Å². The smallest absolute Gasteiger partial charge is 0.0944 e. The Morgan fingerprint density at radius 2 is 1.77 bits per heavy atom. The number of hydrogen-bond donors (Lipinski definition) is 0. The van der Waals surface area contributed by atoms with E-state index >= 15 is 0 Å². The summed E-state index contributed by atoms with van der Waals surface area (Å²) >= 11 is 0. The highest BCUT2D eigenvalue weighted by molar-refractivity contribution is 5.57. The Morgan fingerprint density at radius 3 is 2.23 bits per heavy atom. The minimum Gasteiger partial charge on any atom is -0.193 e. The number of rotatable bonds is 1. The maximum Gasteiger partial charge on any atom is 0.0944 e. The highest BCUT2D eigenvalue weighted by Crippen LogP contribution is 2.11. The van der Waals surface area contributed by atoms with Gasteiger partial charge in [-0.25, -0.2) is 0 Å². The zero-order chi connectivity index (χ0) is 9.84. The van der Waals surface area contributed by atoms with E-state index in [2.05, 4.69) is 38.1 Å². The van der Waals surface area contributed by atoms with E-state index in [0.717, 1.165) is 11.1 Å². The molecule has 0 radical (unpaired) electrons. The van der Waals surface area contributed by atoms with Crippen molar-refractivity contribution in [3.05, 3.63) is 40.5 Å². The van der Waals surface area contributed by atoms with E-state index in [4.69, 9.17) is 5.26 Å². The highest BCUT2D eigenvalue weighted by atomic mass is 14.2. The second kappa shape index (κ2) is 3.91. The molecule has 0 saturated carbocycles. The van der Waals surface area contributed by atoms with Crippen LogP contribution in [0, 0.1) is 25.2 Å². The second-order valence-electron chi connectivity index (χ2n) is 3.36. The summed E-state index contributed by atoms with van der Waals surface area (Å²) in [5.74, 6) is 0. The lowest BCUT2D eigenvalue weighted by Gasteiger charge is -1.99. The summed E-state index contributed by atoms with van der Waals surface area (Å²) in [6, 6.07) is 8.39. The molecule has 13 heavy (non-hydrogen) atoms. The van der Waals surface area contributed by atoms with Crippen molar-refractivity contribution < 1.29 is 0 Å². The predicted octanol–water partition coefficient (Wildman–Crippen LogP) is 3.23. The van der Waals surface area contributed by atoms with Gasteiger partial charge in [0.05, 0.1) is 6.07 Å². The Kier molecular flexibility index (Phi) is 2.87. The fourth-order valence-electron chi connectivity index (χ4n) is 1.38. The molecule has 0 heterocycles. The molecule has 0 atom stereocenters. The lowest BCUT2D eigenvalue weighted by Crippen LogP contribution is -1.80. The maximum atomic E-state index is 8.62. The van der Waals surface area contributed by atoms with Crippen molar-refractivity contribution >= 4 is 6.08 Å². The fraction of sp³-hybridized carbons (Fsp3) is 0.250. The standard InChI is InChI=1S/C12H13N/c1-9-4-10(2)6-12(5-9)7-11(3)8-13/h4-7H,1-3H3. The summed E-state index contributed by atoms with van der Waals surface area (Å²) in [5.41, 5.74) is 4.32. The van der Waals surface area contributed by atoms with Crippen LogP contribution in [0.25, 0.3) is 6.08 Å². The van der Waals surface area contributed by atoms with E-state index in [1.54, 1.807) is 0 Å². The summed E-state index contributed by atoms with van der Waals surface area (Å²) in [5, 5.41) is 8.62. The van der Waals surface area contributed by atoms with E-state index in [9.17, 15) is 0 Å². The Balaban J connectivity index is 3.11. The van der Waals surface area contributed by atoms with Gasteiger partial charge < -0.3 is 0 Å². The molecular weight excluding hydrogens is 158 g/mol. The van der Waals surface area contributed by atoms with Crippen LogP contribution in [0.2, 0.25) is 0 Å². The first-order chi connectivity index (χ1) is 6.11. The van der Waals surface area contributed by atoms with Crippen molar-refractivity contribution in [1.82, 2.24) is 0 Å². The van der Waals surface area contributed by atoms with Gasteiger partial charge in [-0.2, -0.15) is 5.26 Å². The molecule has 0 bridgehead atoms. The van der Waals surface area contributed by atoms with Gasteiger partial charge in [0.1, 0.15) is 0 Å². The molecule has 0 unspecified atom stereocenters. The number of nitrogens with zero attached hydrogens (tertiary/aromatic N) is 1. The number of aryl methyl sites for hydroxylation is 2. The number of benzene rings is 1. The lowest BCUT2D eigenvalue weighted by molar-refractivity contribution is 1.37. The van der Waals surface area contributed by atoms with Crippen LogP contribution >= 0.6 is 0 Å². The first-order valence-corrected chi connectivity index (χ1v) is 4.28. The van der Waals surface area contributed by atoms with Crippen molar-refractivity contribution in [2.75, 3.05) is 0 Å². The molecule has 1 heteroatoms. The van der Waals surface area contributed by atoms with Crippen LogP contribution in [0.15, 0.2) is 23.8 Å². The van der Waals surface area contributed by atoms with Gasteiger partial charge in [0.2, 0.25) is 0 Å². The first kappa shape index (κ1) is 9.54. The minimum atomic E-state index is 0.741. The fourth-order valence-corrected chi connectivity index (χ4v) is 1.38. The Morgan fingerprint density at radius 1 is 1.23 bits per heavy atom. The third-order valence-electron chi connectivity index (χ3n) is 1.80. The van der Waals surface area contributed by atoms with Crippen LogP contribution in [0.1, 0.15) is 23.6 Å². The van der Waals surface area contributed by atoms with E-state index in [1.807, 2.05) is 13.0 Å². The van der Waals surface area contributed by atoms with Crippen molar-refractivity contribution in [2.45, 2.75) is 20.8 Å². The summed E-state index contributed by atoms with van der Waals surface area (Å²) in [6.07, 6.45) is 1.90. The average Bonchev–Trinajstić information content (AvgIpc) is 2.02. The van der Waals surface area contributed by atoms with Crippen molar-refractivity contribution in [3.8, 4) is 6.07 Å². The molecule has 0 aromatic heterocycles. The van der Waals surface area contributed by atoms with Crippen LogP contribution in [0.4, 0.5) is 0 Å². The van der Waals surface area contributed by atoms with Gasteiger partial charge in [0, 0.05) is 5.57 Å². The van der Waals surface area contributed by atoms with Crippen molar-refractivity contribution in [3.63, 3.8) is 0 Å². The van der Waals surface area contributed by atoms with Gasteiger partial charge in [-0.05, 0) is 32.4 Å². The monoisotopic (exact) mass is 171 g/mol. The molecule has 1 rings (SSSR count). The predicted molar refractivity (Wildman–Crippen MR) is 55.2 cm³/mol. The first-order valence-electron chi connectivity index (χ1n) is 4.28. The van der Waals surface area contributed by atoms with Gasteiger partial charge in [0.25, 0.3) is 0 Å². The van der Waals surface area contributed by atoms with Gasteiger partial charge in [0.15, 0.2) is 0 Å². The van der Waals surface area contributed by atoms with Crippen LogP contribution in [-0.4, -0.2) is 0 Å². The SMILES string of the molecule is CC(C#N)=Cc1cc(C)cc(C)c1. The Hall–Kier alpha value is -1.55. The maximum absolute atomic E-state index is 8.62. The van der Waals surface area contributed by atoms with Crippen LogP contribution < -0.4 is 0 Å². The molecule has 1 aromatic carbocycles. The van der Waals surface area contributed by atoms with Crippen molar-refractivity contribution in [1.29, 1.82) is 5.26 Å². The number of allylic oxidation sites excluding steroid dienone is 1. The van der Waals surface area contributed by atoms with Crippen LogP contribution in [0.5, 0.6) is 0 Å². The lowest BCUT2D eigenvalue weighted by atomic mass is 10.1. The normalized spacial score (nSPS) is 11.1. The average molecular weight is 171 g/mol. The van der Waals surface area contributed by atoms with Gasteiger partial charge in [-0.1, -0.05) is 29.3 Å². The molecule has 0 aliphatic carbocycles. The van der Waals surface area contributed by atoms with Crippen molar-refractivity contribution in [2.24, 2.45) is 0 Å². The Labute approximate surface area is 79.3 Å². The summed E-state index contributed by atoms with van der Waals surface area (Å²) in [7, 11) is 0. The number of nitriles is 1. The molecule has 0 fully saturated rings. The topological polar surface area (TPSA) is 23.8 Å². The zero-order valence-corrected chi connectivity index (χ0v) is 8.26. The quantitative estimate of drug-likeness (QED) is 0.595. The van der Waals surface area contributed by atoms with E-state index in [1.165, 1.54) is 11.1 Å². The molecule has 0 saturated heterocycles. The van der Waals surface area contributed by atoms with Crippen LogP contribution in [0.3, 0.4) is 0 Å². The minimum absolute atomic E-state index is 0.741. The van der Waals surface area contributed by atoms with Crippen LogP contribution in [-0.2, 0) is 0 Å². The molecule has 0 aliphatic rings. The largest absolute Gasteiger partial charge is 0.193 e. The number of hydrogen-bond acceptors (Lipinski definition) is 1. The summed E-state index contributed by atoms with van der Waals surface area (Å²) in [6.45, 7) is 5.94. The second-order valence-corrected chi connectivity index (χ2v) is 3.36. The highest BCUT2D eigenvalue weighted by Gasteiger charge is 1.93. The van der Waals surface area contributed by atoms with Gasteiger partial charge in [-0.15, -0.1) is 0 Å². The third-order valence-corrected chi connectivity index (χ3v) is 1.80. The van der Waals surface area contributed by atoms with Gasteiger partial charge >= 0.3 is 0 Å². The molecule has 0 N–H and O–H groups in total. The zero-order valence-electron chi connectivity index (χ0n) is 8.26. The van der Waals surface area contributed by atoms with E-state index in [-0.39, 0.29) is 0 Å². The molecule has 66 valence electrons. The molecule has 0 aliphatic heterocycles. The molecule has 0 amide bonds. The van der Waals surface area contributed by atoms with Gasteiger partial charge in [-0.3, -0.25) is 0 Å². The summed E-state index contributed by atoms with van der Waals surface area (Å²) in [4.78, 5) is 0. The Bertz CT molecular complexity index is 360. The molecule has 0 spiro atoms.